The fourth-order valence-corrected chi connectivity index (χ4v) is 13.7. The van der Waals surface area contributed by atoms with Crippen LogP contribution in [0.15, 0.2) is 164 Å². The molecule has 1 aliphatic carbocycles. The van der Waals surface area contributed by atoms with Gasteiger partial charge in [0.15, 0.2) is 45.5 Å². The number of amides is 7. The van der Waals surface area contributed by atoms with Crippen molar-refractivity contribution in [1.82, 2.24) is 78.7 Å². The Hall–Kier alpha value is -15.2. The molecule has 596 valence electrons. The number of benzene rings is 4. The number of nitrogens with two attached hydrogens (primary N) is 4. The molecule has 12 N–H and O–H groups in total. The van der Waals surface area contributed by atoms with Crippen molar-refractivity contribution in [1.29, 1.82) is 0 Å². The van der Waals surface area contributed by atoms with Crippen LogP contribution >= 0.6 is 11.6 Å². The van der Waals surface area contributed by atoms with E-state index >= 15 is 0 Å². The molecular weight excluding hydrogens is 1550 g/mol. The van der Waals surface area contributed by atoms with E-state index in [0.717, 1.165) is 17.8 Å². The second-order valence-electron chi connectivity index (χ2n) is 27.9. The first-order valence-corrected chi connectivity index (χ1v) is 36.6. The number of hydrogen-bond donors (Lipinski definition) is 8. The van der Waals surface area contributed by atoms with Gasteiger partial charge in [-0.05, 0) is 115 Å². The quantitative estimate of drug-likeness (QED) is 0.0731. The lowest BCUT2D eigenvalue weighted by Gasteiger charge is -2.15. The number of pyridine rings is 5. The number of nitrogens with zero attached hydrogens (tertiary/aromatic N) is 16. The van der Waals surface area contributed by atoms with E-state index < -0.39 is 75.4 Å². The van der Waals surface area contributed by atoms with Crippen molar-refractivity contribution < 1.29 is 67.5 Å². The van der Waals surface area contributed by atoms with E-state index in [1.165, 1.54) is 71.1 Å². The van der Waals surface area contributed by atoms with Crippen LogP contribution in [0.25, 0.3) is 66.8 Å². The third-order valence-corrected chi connectivity index (χ3v) is 20.0. The minimum atomic E-state index is -1.71. The molecule has 17 rings (SSSR count). The monoisotopic (exact) mass is 1620 g/mol. The number of rotatable bonds is 9. The zero-order valence-electron chi connectivity index (χ0n) is 63.4. The summed E-state index contributed by atoms with van der Waals surface area (Å²) in [5.41, 5.74) is 22.4. The van der Waals surface area contributed by atoms with Gasteiger partial charge in [0.1, 0.15) is 22.5 Å². The standard InChI is InChI=1S/C23H16FN5O2.C21H19N5O4.C20H16ClN5O3.C20H16FN5O3/c24-16-3-4-17-18(13-16)29(28-20(17)22(25)30)19-12-14(7-11-26-19)5-8-23(31)9-6-15-2-1-10-27-21(15)23;1-25-9-7-21(29,20(25)28)6-5-13-10-14(12-15(11-13)30-2)26-19-16(4-3-8-23-19)17(24-26)18(22)27;1-25-8-7-20(29,19(25)28)6-5-12-3-2-4-13(9-12)26-15-10-16(21)23-11-14(15)17(24-26)18(22)27;1-25-8-7-20(29,19(25)28)6-5-12-3-2-4-14(9-12)26-18-15(10-13(21)11-23-18)16(24-26)17(22)27/h1-4,7,10-13,31H,6,9H2,(H2,25,30);3-4,8,10-12,29H,7,9H2,1-2H3,(H2,22,27);2*2-4,9-11,29H,7-8H2,1H3,(H2,22,27)/t23-;21-;2*20-/m0000/s1. The van der Waals surface area contributed by atoms with E-state index in [9.17, 15) is 62.8 Å². The van der Waals surface area contributed by atoms with Crippen molar-refractivity contribution in [2.24, 2.45) is 22.9 Å². The molecule has 0 unspecified atom stereocenters. The van der Waals surface area contributed by atoms with Crippen LogP contribution < -0.4 is 27.7 Å². The van der Waals surface area contributed by atoms with Crippen LogP contribution in [0.1, 0.15) is 101 Å². The number of aliphatic hydroxyl groups is 4. The molecule has 0 radical (unpaired) electrons. The van der Waals surface area contributed by atoms with Gasteiger partial charge in [0.2, 0.25) is 16.8 Å². The number of ether oxygens (including phenoxy) is 1. The van der Waals surface area contributed by atoms with Gasteiger partial charge in [0.25, 0.3) is 41.4 Å². The van der Waals surface area contributed by atoms with E-state index in [1.807, 2.05) is 12.1 Å². The molecule has 35 heteroatoms. The second kappa shape index (κ2) is 32.3. The van der Waals surface area contributed by atoms with Crippen molar-refractivity contribution >= 4 is 96.8 Å². The fraction of sp³-hybridized carbons (Fsp3) is 0.190. The lowest BCUT2D eigenvalue weighted by molar-refractivity contribution is -0.138. The van der Waals surface area contributed by atoms with Gasteiger partial charge in [-0.15, -0.1) is 0 Å². The topological polar surface area (TPSA) is 459 Å². The average Bonchev–Trinajstić information content (AvgIpc) is 1.63. The van der Waals surface area contributed by atoms with Gasteiger partial charge in [-0.2, -0.15) is 20.4 Å². The molecule has 3 saturated heterocycles. The Morgan fingerprint density at radius 1 is 0.445 bits per heavy atom. The molecule has 3 fully saturated rings. The molecule has 119 heavy (non-hydrogen) atoms. The summed E-state index contributed by atoms with van der Waals surface area (Å²) in [7, 11) is 6.37. The van der Waals surface area contributed by atoms with Gasteiger partial charge in [0, 0.05) is 131 Å². The maximum absolute atomic E-state index is 13.8. The number of aromatic nitrogens is 13. The Morgan fingerprint density at radius 2 is 0.941 bits per heavy atom. The van der Waals surface area contributed by atoms with Crippen LogP contribution in [0.4, 0.5) is 8.78 Å². The number of halogens is 3. The molecule has 7 amide bonds. The van der Waals surface area contributed by atoms with Gasteiger partial charge < -0.3 is 62.8 Å². The Balaban J connectivity index is 0.000000130. The summed E-state index contributed by atoms with van der Waals surface area (Å²) < 4.78 is 38.5. The molecular formula is C84H67ClF2N20O12. The first kappa shape index (κ1) is 80.4. The SMILES string of the molecule is CN1CC[C@@](O)(C#Cc2cccc(-n3nc(C(N)=O)c4cc(F)cnc43)c2)C1=O.CN1CC[C@@](O)(C#Cc2cccc(-n3nc(C(N)=O)c4cnc(Cl)cc43)c2)C1=O.COc1cc(C#C[C@]2(O)CCN(C)C2=O)cc(-n2nc(C(N)=O)c3cccnc32)c1.NC(=O)c1nn(-c2cc(C#C[C@]3(O)CCc4cccnc43)ccn2)c2cc(F)ccc12. The number of likely N-dealkylation sites (N-methyl/N-ethyl adjacent to an activating group) is 3. The highest BCUT2D eigenvalue weighted by Crippen LogP contribution is 2.36. The van der Waals surface area contributed by atoms with Gasteiger partial charge in [-0.25, -0.2) is 47.4 Å². The molecule has 0 saturated carbocycles. The van der Waals surface area contributed by atoms with Gasteiger partial charge in [-0.3, -0.25) is 38.5 Å². The molecule has 32 nitrogen and oxygen atoms in total. The average molecular weight is 1620 g/mol. The number of methoxy groups -OCH3 is 1. The predicted molar refractivity (Wildman–Crippen MR) is 427 cm³/mol. The molecule has 0 spiro atoms. The summed E-state index contributed by atoms with van der Waals surface area (Å²) >= 11 is 6.01. The Morgan fingerprint density at radius 3 is 1.53 bits per heavy atom. The third-order valence-electron chi connectivity index (χ3n) is 19.8. The Labute approximate surface area is 678 Å². The molecule has 4 atom stereocenters. The van der Waals surface area contributed by atoms with Gasteiger partial charge in [-0.1, -0.05) is 77.2 Å². The minimum absolute atomic E-state index is 0.0243. The van der Waals surface area contributed by atoms with Crippen LogP contribution in [0, 0.1) is 59.0 Å². The van der Waals surface area contributed by atoms with Crippen LogP contribution in [0.2, 0.25) is 5.15 Å². The number of fused-ring (bicyclic) bond motifs is 5. The highest BCUT2D eigenvalue weighted by atomic mass is 35.5. The number of primary amides is 4. The van der Waals surface area contributed by atoms with E-state index in [-0.39, 0.29) is 58.2 Å². The second-order valence-corrected chi connectivity index (χ2v) is 28.3. The van der Waals surface area contributed by atoms with Crippen molar-refractivity contribution in [2.45, 2.75) is 54.5 Å². The van der Waals surface area contributed by atoms with Crippen molar-refractivity contribution in [3.8, 4) is 76.0 Å². The molecule has 13 aromatic rings. The maximum atomic E-state index is 13.8. The number of likely N-dealkylation sites (tertiary alicyclic amines) is 3. The Kier molecular flexibility index (Phi) is 21.8. The molecule has 0 bridgehead atoms. The minimum Gasteiger partial charge on any atom is -0.497 e. The summed E-state index contributed by atoms with van der Waals surface area (Å²) in [6.07, 6.45) is 9.12. The highest BCUT2D eigenvalue weighted by molar-refractivity contribution is 6.30. The summed E-state index contributed by atoms with van der Waals surface area (Å²) in [6, 6.07) is 36.1. The van der Waals surface area contributed by atoms with E-state index in [0.29, 0.717) is 122 Å². The van der Waals surface area contributed by atoms with Crippen LogP contribution in [0.5, 0.6) is 5.75 Å². The summed E-state index contributed by atoms with van der Waals surface area (Å²) in [5, 5.41) is 61.3. The van der Waals surface area contributed by atoms with E-state index in [1.54, 1.807) is 131 Å². The van der Waals surface area contributed by atoms with Crippen LogP contribution in [0.3, 0.4) is 0 Å². The Bertz CT molecular complexity index is 6700. The molecule has 9 aromatic heterocycles. The van der Waals surface area contributed by atoms with Crippen molar-refractivity contribution in [2.75, 3.05) is 47.9 Å². The first-order chi connectivity index (χ1) is 56.8. The van der Waals surface area contributed by atoms with E-state index in [2.05, 4.69) is 92.7 Å². The zero-order valence-corrected chi connectivity index (χ0v) is 64.2. The number of carbonyl (C=O) groups is 7. The highest BCUT2D eigenvalue weighted by Gasteiger charge is 2.45. The third kappa shape index (κ3) is 16.2. The van der Waals surface area contributed by atoms with Gasteiger partial charge >= 0.3 is 0 Å². The zero-order chi connectivity index (χ0) is 84.6. The van der Waals surface area contributed by atoms with Crippen molar-refractivity contribution in [3.63, 3.8) is 0 Å². The summed E-state index contributed by atoms with van der Waals surface area (Å²) in [6.45, 7) is 1.32. The molecule has 4 aliphatic rings. The fourth-order valence-electron chi connectivity index (χ4n) is 13.6. The lowest BCUT2D eigenvalue weighted by atomic mass is 10.0. The van der Waals surface area contributed by atoms with Crippen molar-refractivity contribution in [3.05, 3.63) is 238 Å². The first-order valence-electron chi connectivity index (χ1n) is 36.2. The number of carbonyl (C=O) groups excluding carboxylic acids is 7. The van der Waals surface area contributed by atoms with E-state index in [4.69, 9.17) is 39.3 Å². The maximum Gasteiger partial charge on any atom is 0.269 e. The summed E-state index contributed by atoms with van der Waals surface area (Å²) in [4.78, 5) is 109. The van der Waals surface area contributed by atoms with Crippen LogP contribution in [-0.4, -0.2) is 205 Å². The normalized spacial score (nSPS) is 18.2. The van der Waals surface area contributed by atoms with Crippen LogP contribution in [-0.2, 0) is 26.4 Å². The molecule has 4 aromatic carbocycles. The number of hydrogen-bond acceptors (Lipinski definition) is 21. The number of aryl methyl sites for hydroxylation is 1. The smallest absolute Gasteiger partial charge is 0.269 e. The predicted octanol–water partition coefficient (Wildman–Crippen LogP) is 4.43. The van der Waals surface area contributed by atoms with Gasteiger partial charge in [0.05, 0.1) is 63.3 Å². The molecule has 3 aliphatic heterocycles. The molecule has 12 heterocycles. The summed E-state index contributed by atoms with van der Waals surface area (Å²) in [5.74, 6) is 18.1. The largest absolute Gasteiger partial charge is 0.497 e. The lowest BCUT2D eigenvalue weighted by Crippen LogP contribution is -2.37.